The smallest absolute Gasteiger partial charge is 0.236 e. The molecule has 1 aromatic heterocycles. The Bertz CT molecular complexity index is 648. The molecule has 0 spiro atoms. The minimum Gasteiger partial charge on any atom is -0.338 e. The molecule has 6 heteroatoms. The number of nitrogens with zero attached hydrogens (tertiary/aromatic N) is 2. The Morgan fingerprint density at radius 3 is 2.59 bits per heavy atom. The van der Waals surface area contributed by atoms with Gasteiger partial charge in [-0.1, -0.05) is 41.7 Å². The van der Waals surface area contributed by atoms with Gasteiger partial charge in [0, 0.05) is 5.02 Å². The third-order valence-electron chi connectivity index (χ3n) is 4.45. The van der Waals surface area contributed by atoms with E-state index in [-0.39, 0.29) is 12.4 Å². The second-order valence-corrected chi connectivity index (χ2v) is 6.86. The molecule has 4 nitrogen and oxygen atoms in total. The van der Waals surface area contributed by atoms with Crippen LogP contribution in [0.5, 0.6) is 0 Å². The zero-order chi connectivity index (χ0) is 15.1. The minimum absolute atomic E-state index is 0. The number of hydrogen-bond donors (Lipinski definition) is 1. The summed E-state index contributed by atoms with van der Waals surface area (Å²) in [7, 11) is 0. The molecule has 1 heterocycles. The Balaban J connectivity index is 0.00000176. The zero-order valence-corrected chi connectivity index (χ0v) is 14.4. The van der Waals surface area contributed by atoms with E-state index in [9.17, 15) is 0 Å². The summed E-state index contributed by atoms with van der Waals surface area (Å²) in [5, 5.41) is 4.84. The molecular formula is C16H21Cl2N3O. The van der Waals surface area contributed by atoms with E-state index in [4.69, 9.17) is 21.9 Å². The van der Waals surface area contributed by atoms with E-state index < -0.39 is 11.0 Å². The van der Waals surface area contributed by atoms with Crippen LogP contribution in [-0.2, 0) is 11.0 Å². The van der Waals surface area contributed by atoms with Gasteiger partial charge in [0.2, 0.25) is 5.89 Å². The molecule has 1 aliphatic rings. The molecule has 1 saturated carbocycles. The topological polar surface area (TPSA) is 64.9 Å². The summed E-state index contributed by atoms with van der Waals surface area (Å²) in [5.41, 5.74) is 6.62. The van der Waals surface area contributed by atoms with Gasteiger partial charge in [0.15, 0.2) is 5.82 Å². The Hall–Kier alpha value is -1.10. The van der Waals surface area contributed by atoms with Gasteiger partial charge in [-0.2, -0.15) is 4.98 Å². The molecule has 1 fully saturated rings. The number of benzene rings is 1. The normalized spacial score (nSPS) is 17.3. The van der Waals surface area contributed by atoms with Crippen LogP contribution in [0, 0.1) is 0 Å². The molecule has 1 aromatic carbocycles. The van der Waals surface area contributed by atoms with Gasteiger partial charge in [-0.3, -0.25) is 0 Å². The molecule has 0 amide bonds. The Kier molecular flexibility index (Phi) is 4.85. The van der Waals surface area contributed by atoms with E-state index >= 15 is 0 Å². The van der Waals surface area contributed by atoms with Crippen molar-refractivity contribution in [3.8, 4) is 0 Å². The summed E-state index contributed by atoms with van der Waals surface area (Å²) in [6.07, 6.45) is 4.09. The largest absolute Gasteiger partial charge is 0.338 e. The second kappa shape index (κ2) is 6.19. The van der Waals surface area contributed by atoms with Crippen molar-refractivity contribution in [3.05, 3.63) is 46.6 Å². The third-order valence-corrected chi connectivity index (χ3v) is 4.68. The molecule has 0 bridgehead atoms. The molecule has 0 atom stereocenters. The first-order chi connectivity index (χ1) is 9.92. The molecule has 0 aliphatic heterocycles. The maximum Gasteiger partial charge on any atom is 0.236 e. The maximum atomic E-state index is 6.39. The fourth-order valence-electron chi connectivity index (χ4n) is 2.91. The van der Waals surface area contributed by atoms with Crippen LogP contribution in [0.15, 0.2) is 28.8 Å². The standard InChI is InChI=1S/C16H20ClN3O.ClH/c1-15(2,11-6-5-7-12(17)10-11)14-19-13(20-21-14)16(18)8-3-4-9-16;/h5-7,10H,3-4,8-9,18H2,1-2H3;1H. The molecule has 22 heavy (non-hydrogen) atoms. The fourth-order valence-corrected chi connectivity index (χ4v) is 3.10. The lowest BCUT2D eigenvalue weighted by atomic mass is 9.84. The van der Waals surface area contributed by atoms with Gasteiger partial charge in [0.05, 0.1) is 11.0 Å². The lowest BCUT2D eigenvalue weighted by molar-refractivity contribution is 0.319. The third kappa shape index (κ3) is 3.00. The first-order valence-electron chi connectivity index (χ1n) is 7.31. The molecule has 120 valence electrons. The molecule has 0 unspecified atom stereocenters. The van der Waals surface area contributed by atoms with Crippen molar-refractivity contribution < 1.29 is 4.52 Å². The summed E-state index contributed by atoms with van der Waals surface area (Å²) in [5.74, 6) is 1.21. The predicted molar refractivity (Wildman–Crippen MR) is 89.5 cm³/mol. The number of aromatic nitrogens is 2. The van der Waals surface area contributed by atoms with Crippen LogP contribution in [-0.4, -0.2) is 10.1 Å². The maximum absolute atomic E-state index is 6.39. The van der Waals surface area contributed by atoms with Gasteiger partial charge in [-0.15, -0.1) is 12.4 Å². The minimum atomic E-state index is -0.424. The van der Waals surface area contributed by atoms with Crippen molar-refractivity contribution in [2.45, 2.75) is 50.5 Å². The van der Waals surface area contributed by atoms with Crippen molar-refractivity contribution in [1.82, 2.24) is 10.1 Å². The summed E-state index contributed by atoms with van der Waals surface area (Å²) >= 11 is 6.08. The summed E-state index contributed by atoms with van der Waals surface area (Å²) in [4.78, 5) is 4.60. The summed E-state index contributed by atoms with van der Waals surface area (Å²) in [6, 6.07) is 7.73. The van der Waals surface area contributed by atoms with Crippen molar-refractivity contribution in [1.29, 1.82) is 0 Å². The fraction of sp³-hybridized carbons (Fsp3) is 0.500. The van der Waals surface area contributed by atoms with E-state index in [0.29, 0.717) is 16.7 Å². The Labute approximate surface area is 141 Å². The van der Waals surface area contributed by atoms with Gasteiger partial charge in [0.1, 0.15) is 0 Å². The first kappa shape index (κ1) is 17.3. The molecule has 0 saturated heterocycles. The summed E-state index contributed by atoms with van der Waals surface area (Å²) < 4.78 is 5.52. The average molecular weight is 342 g/mol. The predicted octanol–water partition coefficient (Wildman–Crippen LogP) is 4.20. The van der Waals surface area contributed by atoms with Gasteiger partial charge in [-0.25, -0.2) is 0 Å². The van der Waals surface area contributed by atoms with Gasteiger partial charge in [0.25, 0.3) is 0 Å². The molecule has 0 radical (unpaired) electrons. The lowest BCUT2D eigenvalue weighted by Gasteiger charge is -2.21. The van der Waals surface area contributed by atoms with Crippen LogP contribution >= 0.6 is 24.0 Å². The van der Waals surface area contributed by atoms with E-state index in [1.165, 1.54) is 0 Å². The van der Waals surface area contributed by atoms with Crippen molar-refractivity contribution >= 4 is 24.0 Å². The van der Waals surface area contributed by atoms with Gasteiger partial charge >= 0.3 is 0 Å². The average Bonchev–Trinajstić information content (AvgIpc) is 3.08. The molecular weight excluding hydrogens is 321 g/mol. The molecule has 2 N–H and O–H groups in total. The van der Waals surface area contributed by atoms with Crippen LogP contribution in [0.25, 0.3) is 0 Å². The molecule has 3 rings (SSSR count). The molecule has 1 aliphatic carbocycles. The SMILES string of the molecule is CC(C)(c1cccc(Cl)c1)c1nc(C2(N)CCCC2)no1.Cl. The Morgan fingerprint density at radius 2 is 1.95 bits per heavy atom. The lowest BCUT2D eigenvalue weighted by Crippen LogP contribution is -2.34. The quantitative estimate of drug-likeness (QED) is 0.908. The van der Waals surface area contributed by atoms with Gasteiger partial charge in [-0.05, 0) is 44.4 Å². The monoisotopic (exact) mass is 341 g/mol. The highest BCUT2D eigenvalue weighted by Gasteiger charge is 2.38. The number of nitrogens with two attached hydrogens (primary N) is 1. The van der Waals surface area contributed by atoms with Crippen molar-refractivity contribution in [3.63, 3.8) is 0 Å². The second-order valence-electron chi connectivity index (χ2n) is 6.42. The first-order valence-corrected chi connectivity index (χ1v) is 7.69. The van der Waals surface area contributed by atoms with E-state index in [1.54, 1.807) is 0 Å². The Morgan fingerprint density at radius 1 is 1.27 bits per heavy atom. The van der Waals surface area contributed by atoms with Crippen LogP contribution in [0.4, 0.5) is 0 Å². The van der Waals surface area contributed by atoms with E-state index in [1.807, 2.05) is 38.1 Å². The van der Waals surface area contributed by atoms with E-state index in [0.717, 1.165) is 31.2 Å². The highest BCUT2D eigenvalue weighted by molar-refractivity contribution is 6.30. The van der Waals surface area contributed by atoms with Crippen molar-refractivity contribution in [2.75, 3.05) is 0 Å². The van der Waals surface area contributed by atoms with Crippen molar-refractivity contribution in [2.24, 2.45) is 5.73 Å². The molecule has 2 aromatic rings. The number of hydrogen-bond acceptors (Lipinski definition) is 4. The summed E-state index contributed by atoms with van der Waals surface area (Å²) in [6.45, 7) is 4.10. The number of halogens is 2. The van der Waals surface area contributed by atoms with Gasteiger partial charge < -0.3 is 10.3 Å². The number of rotatable bonds is 3. The van der Waals surface area contributed by atoms with Crippen LogP contribution in [0.3, 0.4) is 0 Å². The highest BCUT2D eigenvalue weighted by atomic mass is 35.5. The van der Waals surface area contributed by atoms with E-state index in [2.05, 4.69) is 10.1 Å². The highest BCUT2D eigenvalue weighted by Crippen LogP contribution is 2.37. The van der Waals surface area contributed by atoms with Crippen LogP contribution in [0.2, 0.25) is 5.02 Å². The van der Waals surface area contributed by atoms with Crippen LogP contribution in [0.1, 0.15) is 56.8 Å². The van der Waals surface area contributed by atoms with Crippen LogP contribution < -0.4 is 5.73 Å². The zero-order valence-electron chi connectivity index (χ0n) is 12.8.